The maximum atomic E-state index is 12.6. The highest BCUT2D eigenvalue weighted by Gasteiger charge is 2.40. The van der Waals surface area contributed by atoms with Crippen molar-refractivity contribution in [1.82, 2.24) is 15.2 Å². The predicted molar refractivity (Wildman–Crippen MR) is 97.0 cm³/mol. The Morgan fingerprint density at radius 3 is 2.88 bits per heavy atom. The lowest BCUT2D eigenvalue weighted by Crippen LogP contribution is -2.62. The van der Waals surface area contributed by atoms with Crippen LogP contribution >= 0.6 is 11.3 Å². The molecule has 2 atom stereocenters. The van der Waals surface area contributed by atoms with Crippen molar-refractivity contribution in [2.75, 3.05) is 18.8 Å². The van der Waals surface area contributed by atoms with Gasteiger partial charge in [-0.2, -0.15) is 0 Å². The first-order valence-corrected chi connectivity index (χ1v) is 9.30. The third-order valence-corrected chi connectivity index (χ3v) is 6.39. The lowest BCUT2D eigenvalue weighted by Gasteiger charge is -2.49. The van der Waals surface area contributed by atoms with Crippen LogP contribution in [0.3, 0.4) is 0 Å². The molecule has 3 aliphatic heterocycles. The zero-order valence-corrected chi connectivity index (χ0v) is 14.6. The minimum atomic E-state index is -0.0549. The molecule has 3 fully saturated rings. The van der Waals surface area contributed by atoms with E-state index in [2.05, 4.69) is 22.1 Å². The average Bonchev–Trinajstić information content (AvgIpc) is 3.09. The zero-order valence-electron chi connectivity index (χ0n) is 13.7. The molecule has 2 aromatic rings. The average molecular weight is 342 g/mol. The van der Waals surface area contributed by atoms with E-state index in [0.29, 0.717) is 22.7 Å². The first kappa shape index (κ1) is 15.6. The van der Waals surface area contributed by atoms with E-state index in [1.54, 1.807) is 6.20 Å². The lowest BCUT2D eigenvalue weighted by atomic mass is 9.79. The Morgan fingerprint density at radius 1 is 1.38 bits per heavy atom. The molecule has 2 bridgehead atoms. The van der Waals surface area contributed by atoms with Gasteiger partial charge in [0.1, 0.15) is 0 Å². The van der Waals surface area contributed by atoms with E-state index >= 15 is 0 Å². The van der Waals surface area contributed by atoms with Crippen LogP contribution in [0.1, 0.15) is 29.6 Å². The summed E-state index contributed by atoms with van der Waals surface area (Å²) in [6, 6.07) is 8.31. The molecule has 0 radical (unpaired) electrons. The van der Waals surface area contributed by atoms with Crippen molar-refractivity contribution in [1.29, 1.82) is 0 Å². The Labute approximate surface area is 145 Å². The molecule has 2 unspecified atom stereocenters. The second kappa shape index (κ2) is 6.18. The molecule has 1 aromatic carbocycles. The molecule has 126 valence electrons. The van der Waals surface area contributed by atoms with Crippen molar-refractivity contribution in [3.8, 4) is 10.4 Å². The lowest BCUT2D eigenvalue weighted by molar-refractivity contribution is 0.0217. The number of nitrogen functional groups attached to an aromatic ring is 1. The fourth-order valence-corrected chi connectivity index (χ4v) is 4.78. The van der Waals surface area contributed by atoms with Gasteiger partial charge >= 0.3 is 0 Å². The second-order valence-electron chi connectivity index (χ2n) is 6.77. The summed E-state index contributed by atoms with van der Waals surface area (Å²) in [6.07, 6.45) is 4.12. The fourth-order valence-electron chi connectivity index (χ4n) is 3.96. The minimum absolute atomic E-state index is 0.0549. The molecule has 5 nitrogen and oxygen atoms in total. The van der Waals surface area contributed by atoms with Crippen molar-refractivity contribution in [2.24, 2.45) is 5.92 Å². The van der Waals surface area contributed by atoms with Crippen molar-refractivity contribution < 1.29 is 4.79 Å². The predicted octanol–water partition coefficient (Wildman–Crippen LogP) is 2.60. The van der Waals surface area contributed by atoms with Gasteiger partial charge in [-0.25, -0.2) is 4.98 Å². The third-order valence-electron chi connectivity index (χ3n) is 5.35. The maximum Gasteiger partial charge on any atom is 0.280 e. The van der Waals surface area contributed by atoms with E-state index in [1.165, 1.54) is 24.2 Å². The maximum absolute atomic E-state index is 12.6. The van der Waals surface area contributed by atoms with E-state index in [-0.39, 0.29) is 11.9 Å². The monoisotopic (exact) mass is 342 g/mol. The van der Waals surface area contributed by atoms with Crippen LogP contribution in [0.4, 0.5) is 5.69 Å². The molecule has 24 heavy (non-hydrogen) atoms. The summed E-state index contributed by atoms with van der Waals surface area (Å²) in [7, 11) is 0. The molecule has 3 aliphatic rings. The van der Waals surface area contributed by atoms with Crippen molar-refractivity contribution in [2.45, 2.75) is 31.8 Å². The second-order valence-corrected chi connectivity index (χ2v) is 7.80. The number of benzene rings is 1. The molecule has 1 amide bonds. The Balaban J connectivity index is 1.49. The van der Waals surface area contributed by atoms with Gasteiger partial charge in [-0.05, 0) is 56.5 Å². The molecule has 3 saturated heterocycles. The molecule has 1 aromatic heterocycles. The summed E-state index contributed by atoms with van der Waals surface area (Å²) < 4.78 is 0. The highest BCUT2D eigenvalue weighted by molar-refractivity contribution is 7.17. The number of thiazole rings is 1. The van der Waals surface area contributed by atoms with Crippen LogP contribution < -0.4 is 11.1 Å². The highest BCUT2D eigenvalue weighted by atomic mass is 32.1. The van der Waals surface area contributed by atoms with Crippen LogP contribution in [0.2, 0.25) is 0 Å². The quantitative estimate of drug-likeness (QED) is 0.841. The molecule has 6 heteroatoms. The van der Waals surface area contributed by atoms with Crippen LogP contribution in [0.25, 0.3) is 10.4 Å². The molecule has 5 rings (SSSR count). The van der Waals surface area contributed by atoms with Crippen molar-refractivity contribution in [3.63, 3.8) is 0 Å². The number of piperidine rings is 3. The van der Waals surface area contributed by atoms with Crippen LogP contribution in [0.5, 0.6) is 0 Å². The summed E-state index contributed by atoms with van der Waals surface area (Å²) in [5.74, 6) is 0.544. The molecular weight excluding hydrogens is 320 g/mol. The summed E-state index contributed by atoms with van der Waals surface area (Å²) in [6.45, 7) is 4.54. The first-order chi connectivity index (χ1) is 11.6. The third kappa shape index (κ3) is 2.80. The van der Waals surface area contributed by atoms with Gasteiger partial charge in [0.05, 0.1) is 4.88 Å². The van der Waals surface area contributed by atoms with Crippen LogP contribution in [-0.4, -0.2) is 41.0 Å². The van der Waals surface area contributed by atoms with Gasteiger partial charge in [0.2, 0.25) is 0 Å². The van der Waals surface area contributed by atoms with Crippen LogP contribution in [-0.2, 0) is 0 Å². The summed E-state index contributed by atoms with van der Waals surface area (Å²) >= 11 is 1.42. The van der Waals surface area contributed by atoms with Gasteiger partial charge < -0.3 is 11.1 Å². The number of hydrogen-bond acceptors (Lipinski definition) is 5. The van der Waals surface area contributed by atoms with Gasteiger partial charge in [-0.3, -0.25) is 9.69 Å². The number of anilines is 1. The van der Waals surface area contributed by atoms with E-state index in [0.717, 1.165) is 23.5 Å². The topological polar surface area (TPSA) is 71.2 Å². The minimum Gasteiger partial charge on any atom is -0.399 e. The number of amides is 1. The van der Waals surface area contributed by atoms with Gasteiger partial charge in [0, 0.05) is 24.0 Å². The summed E-state index contributed by atoms with van der Waals surface area (Å²) in [5, 5.41) is 3.76. The number of nitrogens with two attached hydrogens (primary N) is 1. The fraction of sp³-hybridized carbons (Fsp3) is 0.444. The summed E-state index contributed by atoms with van der Waals surface area (Å²) in [4.78, 5) is 20.4. The molecule has 0 aliphatic carbocycles. The Bertz CT molecular complexity index is 749. The van der Waals surface area contributed by atoms with Crippen LogP contribution in [0.15, 0.2) is 30.5 Å². The Hall–Kier alpha value is -1.92. The number of hydrogen-bond donors (Lipinski definition) is 2. The molecule has 4 heterocycles. The molecular formula is C18H22N4OS. The largest absolute Gasteiger partial charge is 0.399 e. The first-order valence-electron chi connectivity index (χ1n) is 8.48. The number of fused-ring (bicyclic) bond motifs is 3. The van der Waals surface area contributed by atoms with Crippen LogP contribution in [0, 0.1) is 5.92 Å². The normalized spacial score (nSPS) is 28.7. The number of carbonyl (C=O) groups is 1. The Morgan fingerprint density at radius 2 is 2.17 bits per heavy atom. The molecule has 0 spiro atoms. The van der Waals surface area contributed by atoms with Gasteiger partial charge in [-0.15, -0.1) is 11.3 Å². The van der Waals surface area contributed by atoms with Gasteiger partial charge in [0.25, 0.3) is 5.91 Å². The molecule has 0 saturated carbocycles. The zero-order chi connectivity index (χ0) is 16.7. The standard InChI is InChI=1S/C18H22N4OS/c1-11-16(12-5-7-22(11)8-6-12)21-17(23)18-20-10-15(24-18)13-3-2-4-14(19)9-13/h2-4,9-12,16H,5-8,19H2,1H3,(H,21,23). The number of rotatable bonds is 3. The van der Waals surface area contributed by atoms with Crippen molar-refractivity contribution >= 4 is 22.9 Å². The number of nitrogens with zero attached hydrogens (tertiary/aromatic N) is 2. The number of aromatic nitrogens is 1. The van der Waals surface area contributed by atoms with E-state index < -0.39 is 0 Å². The van der Waals surface area contributed by atoms with E-state index in [1.807, 2.05) is 24.3 Å². The number of nitrogens with one attached hydrogen (secondary N) is 1. The Kier molecular flexibility index (Phi) is 4.02. The smallest absolute Gasteiger partial charge is 0.280 e. The van der Waals surface area contributed by atoms with Gasteiger partial charge in [-0.1, -0.05) is 12.1 Å². The van der Waals surface area contributed by atoms with E-state index in [4.69, 9.17) is 5.73 Å². The van der Waals surface area contributed by atoms with Crippen molar-refractivity contribution in [3.05, 3.63) is 35.5 Å². The number of carbonyl (C=O) groups excluding carboxylic acids is 1. The SMILES string of the molecule is CC1C(NC(=O)c2ncc(-c3cccc(N)c3)s2)C2CCN1CC2. The molecule has 3 N–H and O–H groups in total. The van der Waals surface area contributed by atoms with Gasteiger partial charge in [0.15, 0.2) is 5.01 Å². The highest BCUT2D eigenvalue weighted by Crippen LogP contribution is 2.33. The summed E-state index contributed by atoms with van der Waals surface area (Å²) in [5.41, 5.74) is 7.55. The van der Waals surface area contributed by atoms with E-state index in [9.17, 15) is 4.79 Å².